The Kier molecular flexibility index (Phi) is 5.00. The van der Waals surface area contributed by atoms with Crippen molar-refractivity contribution < 1.29 is 9.53 Å². The van der Waals surface area contributed by atoms with Gasteiger partial charge in [0.1, 0.15) is 5.82 Å². The van der Waals surface area contributed by atoms with Crippen molar-refractivity contribution in [3.05, 3.63) is 41.9 Å². The summed E-state index contributed by atoms with van der Waals surface area (Å²) in [5.74, 6) is 0.922. The zero-order valence-electron chi connectivity index (χ0n) is 14.1. The molecule has 2 N–H and O–H groups in total. The number of pyridine rings is 1. The monoisotopic (exact) mass is 329 g/mol. The molecule has 3 rings (SSSR count). The molecule has 1 aliphatic rings. The lowest BCUT2D eigenvalue weighted by atomic mass is 10.3. The average Bonchev–Trinajstić information content (AvgIpc) is 3.01. The third kappa shape index (κ3) is 4.05. The van der Waals surface area contributed by atoms with Crippen molar-refractivity contribution in [1.82, 2.24) is 14.9 Å². The zero-order chi connectivity index (χ0) is 16.9. The Balaban J connectivity index is 1.57. The number of nitrogens with one attached hydrogen (secondary N) is 2. The zero-order valence-corrected chi connectivity index (χ0v) is 14.1. The number of morpholine rings is 1. The lowest BCUT2D eigenvalue weighted by molar-refractivity contribution is 0.122. The van der Waals surface area contributed by atoms with Crippen molar-refractivity contribution in [3.8, 4) is 0 Å². The summed E-state index contributed by atoms with van der Waals surface area (Å²) < 4.78 is 7.31. The minimum Gasteiger partial charge on any atom is -0.378 e. The topological polar surface area (TPSA) is 71.4 Å². The molecule has 0 bridgehead atoms. The van der Waals surface area contributed by atoms with Gasteiger partial charge in [-0.05, 0) is 30.7 Å². The van der Waals surface area contributed by atoms with Gasteiger partial charge in [0.25, 0.3) is 0 Å². The van der Waals surface area contributed by atoms with Crippen LogP contribution in [0.2, 0.25) is 0 Å². The van der Waals surface area contributed by atoms with Crippen LogP contribution in [0, 0.1) is 6.92 Å². The number of ether oxygens (including phenoxy) is 1. The summed E-state index contributed by atoms with van der Waals surface area (Å²) in [4.78, 5) is 18.8. The Labute approximate surface area is 141 Å². The molecule has 7 heteroatoms. The number of hydrogen-bond acceptors (Lipinski definition) is 4. The van der Waals surface area contributed by atoms with E-state index in [-0.39, 0.29) is 6.03 Å². The molecule has 1 saturated heterocycles. The van der Waals surface area contributed by atoms with Gasteiger partial charge in [-0.1, -0.05) is 0 Å². The summed E-state index contributed by atoms with van der Waals surface area (Å²) in [6.07, 6.45) is 3.93. The van der Waals surface area contributed by atoms with Gasteiger partial charge in [-0.3, -0.25) is 0 Å². The van der Waals surface area contributed by atoms with E-state index in [1.165, 1.54) is 0 Å². The molecule has 2 amide bonds. The Bertz CT molecular complexity index is 707. The van der Waals surface area contributed by atoms with Crippen LogP contribution in [0.15, 0.2) is 30.6 Å². The third-order valence-electron chi connectivity index (χ3n) is 4.00. The summed E-state index contributed by atoms with van der Waals surface area (Å²) in [5.41, 5.74) is 2.58. The van der Waals surface area contributed by atoms with E-state index in [4.69, 9.17) is 4.74 Å². The third-order valence-corrected chi connectivity index (χ3v) is 4.00. The van der Waals surface area contributed by atoms with E-state index in [1.807, 2.05) is 49.1 Å². The number of nitrogens with zero attached hydrogens (tertiary/aromatic N) is 3. The number of amides is 2. The van der Waals surface area contributed by atoms with E-state index in [9.17, 15) is 4.79 Å². The largest absolute Gasteiger partial charge is 0.378 e. The van der Waals surface area contributed by atoms with Crippen LogP contribution < -0.4 is 15.5 Å². The van der Waals surface area contributed by atoms with Crippen LogP contribution in [-0.4, -0.2) is 41.9 Å². The number of anilines is 2. The smallest absolute Gasteiger partial charge is 0.319 e. The average molecular weight is 329 g/mol. The maximum absolute atomic E-state index is 12.0. The standard InChI is InChI=1S/C17H23N5O2/c1-13-15(3-4-16(19-13)22-7-9-24-10-8-22)20-17(23)18-11-14-5-6-21(2)12-14/h3-6,12H,7-11H2,1-2H3,(H2,18,20,23). The van der Waals surface area contributed by atoms with Crippen molar-refractivity contribution in [3.63, 3.8) is 0 Å². The highest BCUT2D eigenvalue weighted by Crippen LogP contribution is 2.19. The second-order valence-corrected chi connectivity index (χ2v) is 5.89. The minimum atomic E-state index is -0.233. The van der Waals surface area contributed by atoms with E-state index in [0.29, 0.717) is 6.54 Å². The van der Waals surface area contributed by atoms with Crippen molar-refractivity contribution >= 4 is 17.5 Å². The van der Waals surface area contributed by atoms with Crippen molar-refractivity contribution in [2.75, 3.05) is 36.5 Å². The highest BCUT2D eigenvalue weighted by Gasteiger charge is 2.14. The Morgan fingerprint density at radius 1 is 1.29 bits per heavy atom. The Hall–Kier alpha value is -2.54. The lowest BCUT2D eigenvalue weighted by Gasteiger charge is -2.28. The lowest BCUT2D eigenvalue weighted by Crippen LogP contribution is -2.36. The number of hydrogen-bond donors (Lipinski definition) is 2. The molecule has 0 aromatic carbocycles. The normalized spacial score (nSPS) is 14.5. The number of aryl methyl sites for hydroxylation is 2. The molecule has 24 heavy (non-hydrogen) atoms. The van der Waals surface area contributed by atoms with E-state index < -0.39 is 0 Å². The van der Waals surface area contributed by atoms with Gasteiger partial charge in [0.05, 0.1) is 24.6 Å². The fraction of sp³-hybridized carbons (Fsp3) is 0.412. The first-order valence-electron chi connectivity index (χ1n) is 8.08. The summed E-state index contributed by atoms with van der Waals surface area (Å²) in [6, 6.07) is 5.58. The first kappa shape index (κ1) is 16.3. The number of aromatic nitrogens is 2. The van der Waals surface area contributed by atoms with Crippen LogP contribution in [0.4, 0.5) is 16.3 Å². The summed E-state index contributed by atoms with van der Waals surface area (Å²) >= 11 is 0. The van der Waals surface area contributed by atoms with Gasteiger partial charge in [0.15, 0.2) is 0 Å². The predicted octanol–water partition coefficient (Wildman–Crippen LogP) is 1.89. The van der Waals surface area contributed by atoms with Crippen molar-refractivity contribution in [1.29, 1.82) is 0 Å². The molecule has 0 saturated carbocycles. The quantitative estimate of drug-likeness (QED) is 0.898. The molecule has 3 heterocycles. The van der Waals surface area contributed by atoms with Crippen molar-refractivity contribution in [2.45, 2.75) is 13.5 Å². The Morgan fingerprint density at radius 2 is 2.08 bits per heavy atom. The van der Waals surface area contributed by atoms with Crippen LogP contribution in [0.25, 0.3) is 0 Å². The molecule has 1 fully saturated rings. The van der Waals surface area contributed by atoms with Gasteiger partial charge >= 0.3 is 6.03 Å². The second-order valence-electron chi connectivity index (χ2n) is 5.89. The summed E-state index contributed by atoms with van der Waals surface area (Å²) in [6.45, 7) is 5.53. The molecule has 0 aliphatic carbocycles. The highest BCUT2D eigenvalue weighted by molar-refractivity contribution is 5.89. The van der Waals surface area contributed by atoms with Crippen LogP contribution >= 0.6 is 0 Å². The predicted molar refractivity (Wildman–Crippen MR) is 93.3 cm³/mol. The van der Waals surface area contributed by atoms with E-state index >= 15 is 0 Å². The van der Waals surface area contributed by atoms with Crippen LogP contribution in [0.1, 0.15) is 11.3 Å². The number of carbonyl (C=O) groups is 1. The van der Waals surface area contributed by atoms with E-state index in [0.717, 1.165) is 49.1 Å². The minimum absolute atomic E-state index is 0.233. The molecule has 0 atom stereocenters. The van der Waals surface area contributed by atoms with Gasteiger partial charge in [-0.25, -0.2) is 9.78 Å². The molecule has 128 valence electrons. The van der Waals surface area contributed by atoms with Crippen LogP contribution in [0.5, 0.6) is 0 Å². The van der Waals surface area contributed by atoms with Gasteiger partial charge in [-0.2, -0.15) is 0 Å². The first-order chi connectivity index (χ1) is 11.6. The molecule has 7 nitrogen and oxygen atoms in total. The molecule has 0 radical (unpaired) electrons. The molecule has 2 aromatic heterocycles. The summed E-state index contributed by atoms with van der Waals surface area (Å²) in [7, 11) is 1.95. The van der Waals surface area contributed by atoms with Crippen molar-refractivity contribution in [2.24, 2.45) is 7.05 Å². The second kappa shape index (κ2) is 7.35. The van der Waals surface area contributed by atoms with E-state index in [1.54, 1.807) is 0 Å². The SMILES string of the molecule is Cc1nc(N2CCOCC2)ccc1NC(=O)NCc1ccn(C)c1. The maximum Gasteiger partial charge on any atom is 0.319 e. The summed E-state index contributed by atoms with van der Waals surface area (Å²) in [5, 5.41) is 5.70. The Morgan fingerprint density at radius 3 is 2.75 bits per heavy atom. The van der Waals surface area contributed by atoms with E-state index in [2.05, 4.69) is 20.5 Å². The van der Waals surface area contributed by atoms with Crippen LogP contribution in [-0.2, 0) is 18.3 Å². The maximum atomic E-state index is 12.0. The molecular formula is C17H23N5O2. The fourth-order valence-electron chi connectivity index (χ4n) is 2.66. The molecular weight excluding hydrogens is 306 g/mol. The van der Waals surface area contributed by atoms with Gasteiger partial charge in [0, 0.05) is 39.1 Å². The molecule has 2 aromatic rings. The van der Waals surface area contributed by atoms with Gasteiger partial charge in [-0.15, -0.1) is 0 Å². The molecule has 0 spiro atoms. The van der Waals surface area contributed by atoms with Gasteiger partial charge < -0.3 is 24.8 Å². The molecule has 0 unspecified atom stereocenters. The van der Waals surface area contributed by atoms with Gasteiger partial charge in [0.2, 0.25) is 0 Å². The van der Waals surface area contributed by atoms with Crippen LogP contribution in [0.3, 0.4) is 0 Å². The molecule has 1 aliphatic heterocycles. The number of carbonyl (C=O) groups excluding carboxylic acids is 1. The number of urea groups is 1. The number of rotatable bonds is 4. The first-order valence-corrected chi connectivity index (χ1v) is 8.08. The fourth-order valence-corrected chi connectivity index (χ4v) is 2.66. The highest BCUT2D eigenvalue weighted by atomic mass is 16.5.